The van der Waals surface area contributed by atoms with Crippen molar-refractivity contribution in [2.24, 2.45) is 0 Å². The molecule has 0 radical (unpaired) electrons. The molecule has 0 spiro atoms. The van der Waals surface area contributed by atoms with Gasteiger partial charge in [0.2, 0.25) is 0 Å². The fourth-order valence-corrected chi connectivity index (χ4v) is 3.59. The van der Waals surface area contributed by atoms with Crippen LogP contribution in [0, 0.1) is 11.3 Å². The number of nitriles is 1. The van der Waals surface area contributed by atoms with Gasteiger partial charge in [-0.1, -0.05) is 11.6 Å². The summed E-state index contributed by atoms with van der Waals surface area (Å²) in [7, 11) is 0. The lowest BCUT2D eigenvalue weighted by Gasteiger charge is -2.23. The fourth-order valence-electron chi connectivity index (χ4n) is 3.37. The molecular formula is C22H26ClFN6O3. The number of amides is 1. The zero-order valence-corrected chi connectivity index (χ0v) is 19.0. The lowest BCUT2D eigenvalue weighted by Crippen LogP contribution is -2.42. The monoisotopic (exact) mass is 476 g/mol. The number of hydrogen-bond acceptors (Lipinski definition) is 8. The fraction of sp³-hybridized carbons (Fsp3) is 0.455. The molecule has 0 saturated heterocycles. The van der Waals surface area contributed by atoms with E-state index in [0.29, 0.717) is 23.5 Å². The highest BCUT2D eigenvalue weighted by atomic mass is 35.5. The molecule has 1 aliphatic rings. The number of alkyl halides is 1. The van der Waals surface area contributed by atoms with Crippen molar-refractivity contribution in [2.45, 2.75) is 57.0 Å². The highest BCUT2D eigenvalue weighted by Crippen LogP contribution is 2.29. The predicted molar refractivity (Wildman–Crippen MR) is 122 cm³/mol. The molecule has 33 heavy (non-hydrogen) atoms. The molecule has 9 nitrogen and oxygen atoms in total. The van der Waals surface area contributed by atoms with Crippen LogP contribution >= 0.6 is 11.6 Å². The Balaban J connectivity index is 1.84. The summed E-state index contributed by atoms with van der Waals surface area (Å²) in [5.41, 5.74) is -0.747. The van der Waals surface area contributed by atoms with E-state index < -0.39 is 23.8 Å². The molecular weight excluding hydrogens is 451 g/mol. The second kappa shape index (κ2) is 10.3. The number of nitrogens with one attached hydrogen (secondary N) is 3. The third kappa shape index (κ3) is 6.28. The van der Waals surface area contributed by atoms with Gasteiger partial charge in [0.05, 0.1) is 46.1 Å². The van der Waals surface area contributed by atoms with Crippen LogP contribution in [0.2, 0.25) is 5.02 Å². The maximum Gasteiger partial charge on any atom is 0.255 e. The van der Waals surface area contributed by atoms with E-state index in [9.17, 15) is 19.4 Å². The van der Waals surface area contributed by atoms with Crippen LogP contribution in [0.25, 0.3) is 0 Å². The van der Waals surface area contributed by atoms with Crippen LogP contribution < -0.4 is 16.0 Å². The molecule has 2 unspecified atom stereocenters. The van der Waals surface area contributed by atoms with Gasteiger partial charge < -0.3 is 26.2 Å². The smallest absolute Gasteiger partial charge is 0.255 e. The van der Waals surface area contributed by atoms with Crippen molar-refractivity contribution in [1.82, 2.24) is 15.3 Å². The van der Waals surface area contributed by atoms with Crippen molar-refractivity contribution in [2.75, 3.05) is 17.2 Å². The molecule has 11 heteroatoms. The van der Waals surface area contributed by atoms with E-state index in [-0.39, 0.29) is 29.0 Å². The van der Waals surface area contributed by atoms with Gasteiger partial charge in [-0.05, 0) is 39.2 Å². The highest BCUT2D eigenvalue weighted by Gasteiger charge is 2.29. The summed E-state index contributed by atoms with van der Waals surface area (Å²) in [6.07, 6.45) is 2.67. The van der Waals surface area contributed by atoms with E-state index in [4.69, 9.17) is 16.9 Å². The van der Waals surface area contributed by atoms with E-state index >= 15 is 0 Å². The Morgan fingerprint density at radius 3 is 2.73 bits per heavy atom. The Labute approximate surface area is 196 Å². The van der Waals surface area contributed by atoms with E-state index in [2.05, 4.69) is 25.9 Å². The minimum atomic E-state index is -1.66. The normalized spacial score (nSPS) is 18.9. The minimum absolute atomic E-state index is 0.154. The molecule has 176 valence electrons. The topological polar surface area (TPSA) is 143 Å². The standard InChI is InChI=1S/C22H26ClFN6O3/c1-22(2,33)18(24)11-28-21(32)13-10-26-19(7-16(13)29-15-4-3-5-17(15)31)30-20-14(23)6-12(8-25)9-27-20/h6-7,9-10,15,17-18,31,33H,3-5,11H2,1-2H3,(H,28,32)(H2,26,27,29,30)/t15?,17?,18-/m1/s1. The molecule has 0 aliphatic heterocycles. The molecule has 1 aliphatic carbocycles. The van der Waals surface area contributed by atoms with Crippen molar-refractivity contribution in [3.05, 3.63) is 40.7 Å². The lowest BCUT2D eigenvalue weighted by atomic mass is 10.0. The SMILES string of the molecule is CC(C)(O)[C@H](F)CNC(=O)c1cnc(Nc2ncc(C#N)cc2Cl)cc1NC1CCCC1O. The number of pyridine rings is 2. The molecule has 0 aromatic carbocycles. The summed E-state index contributed by atoms with van der Waals surface area (Å²) in [6.45, 7) is 2.27. The van der Waals surface area contributed by atoms with Gasteiger partial charge in [-0.15, -0.1) is 0 Å². The van der Waals surface area contributed by atoms with Gasteiger partial charge in [-0.3, -0.25) is 4.79 Å². The van der Waals surface area contributed by atoms with Crippen molar-refractivity contribution >= 4 is 34.8 Å². The van der Waals surface area contributed by atoms with E-state index in [1.54, 1.807) is 6.07 Å². The molecule has 1 saturated carbocycles. The lowest BCUT2D eigenvalue weighted by molar-refractivity contribution is -0.00177. The summed E-state index contributed by atoms with van der Waals surface area (Å²) < 4.78 is 14.1. The quantitative estimate of drug-likeness (QED) is 0.391. The van der Waals surface area contributed by atoms with Gasteiger partial charge >= 0.3 is 0 Å². The van der Waals surface area contributed by atoms with Crippen LogP contribution in [0.4, 0.5) is 21.7 Å². The van der Waals surface area contributed by atoms with E-state index in [1.165, 1.54) is 32.3 Å². The molecule has 2 aromatic rings. The zero-order chi connectivity index (χ0) is 24.2. The van der Waals surface area contributed by atoms with Crippen LogP contribution in [0.3, 0.4) is 0 Å². The second-order valence-electron chi connectivity index (χ2n) is 8.49. The summed E-state index contributed by atoms with van der Waals surface area (Å²) in [6, 6.07) is 4.72. The molecule has 2 heterocycles. The summed E-state index contributed by atoms with van der Waals surface area (Å²) in [5, 5.41) is 37.7. The molecule has 1 fully saturated rings. The van der Waals surface area contributed by atoms with Gasteiger partial charge in [0.25, 0.3) is 5.91 Å². The number of aliphatic hydroxyl groups excluding tert-OH is 1. The summed E-state index contributed by atoms with van der Waals surface area (Å²) in [5.74, 6) is 0.0173. The molecule has 2 aromatic heterocycles. The average molecular weight is 477 g/mol. The van der Waals surface area contributed by atoms with E-state index in [1.807, 2.05) is 6.07 Å². The Morgan fingerprint density at radius 2 is 2.12 bits per heavy atom. The first-order chi connectivity index (χ1) is 15.6. The number of anilines is 3. The number of halogens is 2. The summed E-state index contributed by atoms with van der Waals surface area (Å²) >= 11 is 6.17. The van der Waals surface area contributed by atoms with Crippen molar-refractivity contribution in [3.8, 4) is 6.07 Å². The number of carbonyl (C=O) groups is 1. The Kier molecular flexibility index (Phi) is 7.68. The first-order valence-electron chi connectivity index (χ1n) is 10.5. The first kappa shape index (κ1) is 24.6. The van der Waals surface area contributed by atoms with Gasteiger partial charge in [0, 0.05) is 18.5 Å². The molecule has 5 N–H and O–H groups in total. The number of hydrogen-bond donors (Lipinski definition) is 5. The Bertz CT molecular complexity index is 1060. The Hall–Kier alpha value is -3.00. The maximum atomic E-state index is 14.1. The number of carbonyl (C=O) groups excluding carboxylic acids is 1. The number of rotatable bonds is 8. The Morgan fingerprint density at radius 1 is 1.36 bits per heavy atom. The third-order valence-electron chi connectivity index (χ3n) is 5.39. The highest BCUT2D eigenvalue weighted by molar-refractivity contribution is 6.33. The number of aromatic nitrogens is 2. The third-order valence-corrected chi connectivity index (χ3v) is 5.68. The largest absolute Gasteiger partial charge is 0.391 e. The molecule has 3 rings (SSSR count). The number of aliphatic hydroxyl groups is 2. The molecule has 1 amide bonds. The van der Waals surface area contributed by atoms with Crippen LogP contribution in [0.15, 0.2) is 24.5 Å². The first-order valence-corrected chi connectivity index (χ1v) is 10.9. The maximum absolute atomic E-state index is 14.1. The van der Waals surface area contributed by atoms with Gasteiger partial charge in [-0.25, -0.2) is 14.4 Å². The zero-order valence-electron chi connectivity index (χ0n) is 18.3. The van der Waals surface area contributed by atoms with Gasteiger partial charge in [0.15, 0.2) is 0 Å². The van der Waals surface area contributed by atoms with Crippen LogP contribution in [-0.2, 0) is 0 Å². The average Bonchev–Trinajstić information content (AvgIpc) is 3.17. The number of nitrogens with zero attached hydrogens (tertiary/aromatic N) is 3. The van der Waals surface area contributed by atoms with Crippen molar-refractivity contribution in [1.29, 1.82) is 5.26 Å². The van der Waals surface area contributed by atoms with Crippen LogP contribution in [-0.4, -0.2) is 56.6 Å². The summed E-state index contributed by atoms with van der Waals surface area (Å²) in [4.78, 5) is 21.1. The van der Waals surface area contributed by atoms with Crippen molar-refractivity contribution < 1.29 is 19.4 Å². The van der Waals surface area contributed by atoms with E-state index in [0.717, 1.165) is 12.8 Å². The molecule has 3 atom stereocenters. The second-order valence-corrected chi connectivity index (χ2v) is 8.89. The van der Waals surface area contributed by atoms with Crippen molar-refractivity contribution in [3.63, 3.8) is 0 Å². The van der Waals surface area contributed by atoms with Gasteiger partial charge in [-0.2, -0.15) is 5.26 Å². The molecule has 0 bridgehead atoms. The van der Waals surface area contributed by atoms with Gasteiger partial charge in [0.1, 0.15) is 23.9 Å². The van der Waals surface area contributed by atoms with Crippen LogP contribution in [0.1, 0.15) is 49.0 Å². The van der Waals surface area contributed by atoms with Crippen LogP contribution in [0.5, 0.6) is 0 Å². The minimum Gasteiger partial charge on any atom is -0.391 e. The predicted octanol–water partition coefficient (Wildman–Crippen LogP) is 2.91.